The van der Waals surface area contributed by atoms with Crippen molar-refractivity contribution in [2.75, 3.05) is 6.54 Å². The maximum Gasteiger partial charge on any atom is 0.123 e. The largest absolute Gasteiger partial charge is 0.330 e. The number of hydrazone groups is 1. The summed E-state index contributed by atoms with van der Waals surface area (Å²) >= 11 is 0. The second-order valence-electron chi connectivity index (χ2n) is 3.65. The molecule has 0 radical (unpaired) electrons. The first-order chi connectivity index (χ1) is 7.29. The molecule has 1 aromatic rings. The maximum absolute atomic E-state index is 12.7. The van der Waals surface area contributed by atoms with E-state index in [4.69, 9.17) is 5.73 Å². The van der Waals surface area contributed by atoms with Gasteiger partial charge in [0.15, 0.2) is 0 Å². The van der Waals surface area contributed by atoms with E-state index in [1.807, 2.05) is 0 Å². The van der Waals surface area contributed by atoms with E-state index in [9.17, 15) is 4.39 Å². The second kappa shape index (κ2) is 4.40. The van der Waals surface area contributed by atoms with Gasteiger partial charge in [0.25, 0.3) is 0 Å². The predicted octanol–water partition coefficient (Wildman–Crippen LogP) is 1.56. The van der Waals surface area contributed by atoms with Crippen LogP contribution >= 0.6 is 0 Å². The number of hydrogen-bond acceptors (Lipinski definition) is 3. The molecule has 1 heterocycles. The average molecular weight is 207 g/mol. The number of benzene rings is 1. The van der Waals surface area contributed by atoms with Crippen molar-refractivity contribution in [2.45, 2.75) is 18.9 Å². The lowest BCUT2D eigenvalue weighted by molar-refractivity contribution is 0.606. The molecular formula is C11H14FN3. The Bertz CT molecular complexity index is 359. The highest BCUT2D eigenvalue weighted by atomic mass is 19.1. The first-order valence-corrected chi connectivity index (χ1v) is 5.06. The highest BCUT2D eigenvalue weighted by Gasteiger charge is 2.19. The Labute approximate surface area is 88.2 Å². The van der Waals surface area contributed by atoms with Crippen molar-refractivity contribution in [1.29, 1.82) is 0 Å². The van der Waals surface area contributed by atoms with Crippen molar-refractivity contribution in [1.82, 2.24) is 5.43 Å². The van der Waals surface area contributed by atoms with Gasteiger partial charge in [0, 0.05) is 12.1 Å². The third kappa shape index (κ3) is 2.33. The molecule has 0 amide bonds. The summed E-state index contributed by atoms with van der Waals surface area (Å²) in [6, 6.07) is 6.68. The fraction of sp³-hybridized carbons (Fsp3) is 0.364. The van der Waals surface area contributed by atoms with Crippen LogP contribution in [0.1, 0.15) is 24.4 Å². The molecule has 1 aromatic carbocycles. The summed E-state index contributed by atoms with van der Waals surface area (Å²) < 4.78 is 12.7. The summed E-state index contributed by atoms with van der Waals surface area (Å²) in [7, 11) is 0. The Balaban J connectivity index is 2.01. The number of nitrogens with zero attached hydrogens (tertiary/aromatic N) is 1. The van der Waals surface area contributed by atoms with Crippen LogP contribution in [-0.2, 0) is 0 Å². The molecule has 4 heteroatoms. The molecule has 1 aliphatic heterocycles. The predicted molar refractivity (Wildman–Crippen MR) is 58.0 cm³/mol. The Morgan fingerprint density at radius 3 is 2.80 bits per heavy atom. The van der Waals surface area contributed by atoms with E-state index in [0.29, 0.717) is 6.54 Å². The SMILES string of the molecule is NCCC1=NNC(c2ccc(F)cc2)C1. The molecule has 15 heavy (non-hydrogen) atoms. The Morgan fingerprint density at radius 2 is 2.13 bits per heavy atom. The van der Waals surface area contributed by atoms with E-state index in [0.717, 1.165) is 24.1 Å². The Morgan fingerprint density at radius 1 is 1.40 bits per heavy atom. The Kier molecular flexibility index (Phi) is 2.97. The summed E-state index contributed by atoms with van der Waals surface area (Å²) in [6.45, 7) is 0.622. The molecule has 1 unspecified atom stereocenters. The molecule has 0 spiro atoms. The van der Waals surface area contributed by atoms with Crippen LogP contribution in [0.25, 0.3) is 0 Å². The number of nitrogens with two attached hydrogens (primary N) is 1. The molecule has 0 aromatic heterocycles. The van der Waals surface area contributed by atoms with Gasteiger partial charge in [-0.2, -0.15) is 5.10 Å². The lowest BCUT2D eigenvalue weighted by atomic mass is 10.0. The zero-order valence-electron chi connectivity index (χ0n) is 8.41. The van der Waals surface area contributed by atoms with Crippen molar-refractivity contribution < 1.29 is 4.39 Å². The lowest BCUT2D eigenvalue weighted by Gasteiger charge is -2.09. The normalized spacial score (nSPS) is 19.9. The highest BCUT2D eigenvalue weighted by Crippen LogP contribution is 2.22. The van der Waals surface area contributed by atoms with Gasteiger partial charge in [0.2, 0.25) is 0 Å². The summed E-state index contributed by atoms with van der Waals surface area (Å²) in [5.41, 5.74) is 10.6. The van der Waals surface area contributed by atoms with Gasteiger partial charge in [-0.1, -0.05) is 12.1 Å². The maximum atomic E-state index is 12.7. The molecule has 0 saturated heterocycles. The van der Waals surface area contributed by atoms with E-state index in [1.165, 1.54) is 12.1 Å². The van der Waals surface area contributed by atoms with Gasteiger partial charge in [0.1, 0.15) is 5.82 Å². The van der Waals surface area contributed by atoms with Gasteiger partial charge in [-0.05, 0) is 30.7 Å². The van der Waals surface area contributed by atoms with E-state index in [2.05, 4.69) is 10.5 Å². The molecule has 80 valence electrons. The zero-order chi connectivity index (χ0) is 10.7. The molecule has 0 saturated carbocycles. The van der Waals surface area contributed by atoms with Crippen LogP contribution in [0.3, 0.4) is 0 Å². The van der Waals surface area contributed by atoms with Gasteiger partial charge in [0.05, 0.1) is 6.04 Å². The number of halogens is 1. The van der Waals surface area contributed by atoms with Gasteiger partial charge >= 0.3 is 0 Å². The summed E-state index contributed by atoms with van der Waals surface area (Å²) in [4.78, 5) is 0. The van der Waals surface area contributed by atoms with Gasteiger partial charge in [-0.3, -0.25) is 0 Å². The van der Waals surface area contributed by atoms with E-state index in [1.54, 1.807) is 12.1 Å². The van der Waals surface area contributed by atoms with Crippen LogP contribution in [0.2, 0.25) is 0 Å². The molecule has 1 aliphatic rings. The van der Waals surface area contributed by atoms with Crippen LogP contribution in [0.4, 0.5) is 4.39 Å². The van der Waals surface area contributed by atoms with Crippen molar-refractivity contribution >= 4 is 5.71 Å². The summed E-state index contributed by atoms with van der Waals surface area (Å²) in [5, 5.41) is 4.20. The zero-order valence-corrected chi connectivity index (χ0v) is 8.41. The standard InChI is InChI=1S/C11H14FN3/c12-9-3-1-8(2-4-9)11-7-10(5-6-13)14-15-11/h1-4,11,15H,5-7,13H2. The van der Waals surface area contributed by atoms with Crippen molar-refractivity contribution in [3.05, 3.63) is 35.6 Å². The Hall–Kier alpha value is -1.42. The van der Waals surface area contributed by atoms with E-state index < -0.39 is 0 Å². The molecule has 3 N–H and O–H groups in total. The highest BCUT2D eigenvalue weighted by molar-refractivity contribution is 5.86. The molecule has 0 bridgehead atoms. The fourth-order valence-corrected chi connectivity index (χ4v) is 1.71. The summed E-state index contributed by atoms with van der Waals surface area (Å²) in [5.74, 6) is -0.208. The van der Waals surface area contributed by atoms with Crippen molar-refractivity contribution in [3.8, 4) is 0 Å². The molecule has 2 rings (SSSR count). The third-order valence-corrected chi connectivity index (χ3v) is 2.52. The average Bonchev–Trinajstić information content (AvgIpc) is 2.68. The minimum Gasteiger partial charge on any atom is -0.330 e. The van der Waals surface area contributed by atoms with Gasteiger partial charge < -0.3 is 11.2 Å². The number of hydrogen-bond donors (Lipinski definition) is 2. The minimum atomic E-state index is -0.208. The summed E-state index contributed by atoms with van der Waals surface area (Å²) in [6.07, 6.45) is 1.69. The van der Waals surface area contributed by atoms with Crippen LogP contribution in [0.5, 0.6) is 0 Å². The quantitative estimate of drug-likeness (QED) is 0.790. The lowest BCUT2D eigenvalue weighted by Crippen LogP contribution is -2.10. The monoisotopic (exact) mass is 207 g/mol. The first-order valence-electron chi connectivity index (χ1n) is 5.06. The third-order valence-electron chi connectivity index (χ3n) is 2.52. The smallest absolute Gasteiger partial charge is 0.123 e. The first kappa shape index (κ1) is 10.1. The van der Waals surface area contributed by atoms with Crippen LogP contribution in [-0.4, -0.2) is 12.3 Å². The molecule has 0 fully saturated rings. The van der Waals surface area contributed by atoms with E-state index in [-0.39, 0.29) is 11.9 Å². The molecular weight excluding hydrogens is 193 g/mol. The molecule has 3 nitrogen and oxygen atoms in total. The van der Waals surface area contributed by atoms with Gasteiger partial charge in [-0.15, -0.1) is 0 Å². The number of nitrogens with one attached hydrogen (secondary N) is 1. The fourth-order valence-electron chi connectivity index (χ4n) is 1.71. The van der Waals surface area contributed by atoms with Crippen LogP contribution in [0, 0.1) is 5.82 Å². The topological polar surface area (TPSA) is 50.4 Å². The van der Waals surface area contributed by atoms with Crippen LogP contribution < -0.4 is 11.2 Å². The van der Waals surface area contributed by atoms with Crippen LogP contribution in [0.15, 0.2) is 29.4 Å². The van der Waals surface area contributed by atoms with Crippen molar-refractivity contribution in [3.63, 3.8) is 0 Å². The molecule has 0 aliphatic carbocycles. The van der Waals surface area contributed by atoms with E-state index >= 15 is 0 Å². The number of rotatable bonds is 3. The van der Waals surface area contributed by atoms with Crippen molar-refractivity contribution in [2.24, 2.45) is 10.8 Å². The van der Waals surface area contributed by atoms with Gasteiger partial charge in [-0.25, -0.2) is 4.39 Å². The molecule has 1 atom stereocenters. The minimum absolute atomic E-state index is 0.173. The second-order valence-corrected chi connectivity index (χ2v) is 3.65.